The van der Waals surface area contributed by atoms with Crippen molar-refractivity contribution in [2.45, 2.75) is 32.6 Å². The van der Waals surface area contributed by atoms with Gasteiger partial charge in [0.25, 0.3) is 0 Å². The lowest BCUT2D eigenvalue weighted by Gasteiger charge is -2.13. The monoisotopic (exact) mass is 422 g/mol. The molecular formula is C24H34N6O. The first kappa shape index (κ1) is 24.1. The van der Waals surface area contributed by atoms with Gasteiger partial charge in [0.2, 0.25) is 0 Å². The molecule has 3 rings (SSSR count). The number of aromatic amines is 2. The van der Waals surface area contributed by atoms with Gasteiger partial charge in [-0.25, -0.2) is 4.98 Å². The summed E-state index contributed by atoms with van der Waals surface area (Å²) in [7, 11) is 4.15. The molecule has 1 aromatic carbocycles. The molecule has 0 aliphatic carbocycles. The predicted molar refractivity (Wildman–Crippen MR) is 128 cm³/mol. The first-order valence-electron chi connectivity index (χ1n) is 10.6. The lowest BCUT2D eigenvalue weighted by molar-refractivity contribution is 0.205. The maximum atomic E-state index is 6.05. The van der Waals surface area contributed by atoms with Crippen molar-refractivity contribution in [2.24, 2.45) is 0 Å². The number of nitrogens with one attached hydrogen (secondary N) is 2. The van der Waals surface area contributed by atoms with Crippen LogP contribution in [0.3, 0.4) is 0 Å². The average Bonchev–Trinajstić information content (AvgIpc) is 3.45. The van der Waals surface area contributed by atoms with Gasteiger partial charge in [-0.1, -0.05) is 19.9 Å². The zero-order valence-electron chi connectivity index (χ0n) is 19.1. The normalized spacial score (nSPS) is 12.9. The Morgan fingerprint density at radius 1 is 1.26 bits per heavy atom. The number of hydrogen-bond donors (Lipinski definition) is 2. The molecular weight excluding hydrogens is 388 g/mol. The second kappa shape index (κ2) is 12.5. The molecule has 7 heteroatoms. The Bertz CT molecular complexity index is 971. The van der Waals surface area contributed by atoms with Crippen molar-refractivity contribution in [3.63, 3.8) is 0 Å². The largest absolute Gasteiger partial charge is 0.494 e. The van der Waals surface area contributed by atoms with Gasteiger partial charge in [-0.15, -0.1) is 13.2 Å². The third-order valence-corrected chi connectivity index (χ3v) is 4.68. The smallest absolute Gasteiger partial charge is 0.155 e. The van der Waals surface area contributed by atoms with Crippen LogP contribution in [0.2, 0.25) is 0 Å². The molecule has 0 bridgehead atoms. The Labute approximate surface area is 184 Å². The van der Waals surface area contributed by atoms with Crippen LogP contribution in [-0.2, 0) is 4.74 Å². The molecule has 0 aliphatic heterocycles. The molecule has 0 saturated carbocycles. The summed E-state index contributed by atoms with van der Waals surface area (Å²) >= 11 is 0. The Kier molecular flexibility index (Phi) is 9.71. The van der Waals surface area contributed by atoms with Crippen LogP contribution in [0.25, 0.3) is 22.3 Å². The number of benzene rings is 1. The summed E-state index contributed by atoms with van der Waals surface area (Å²) in [5.41, 5.74) is 2.97. The van der Waals surface area contributed by atoms with E-state index in [2.05, 4.69) is 95.7 Å². The number of ether oxygens (including phenoxy) is 1. The van der Waals surface area contributed by atoms with Gasteiger partial charge in [-0.3, -0.25) is 10.2 Å². The molecule has 0 radical (unpaired) electrons. The van der Waals surface area contributed by atoms with E-state index in [4.69, 9.17) is 4.74 Å². The number of nitrogens with zero attached hydrogens (tertiary/aromatic N) is 4. The summed E-state index contributed by atoms with van der Waals surface area (Å²) in [5.74, 6) is 1.76. The molecule has 7 nitrogen and oxygen atoms in total. The number of fused-ring (bicyclic) bond motifs is 1. The number of allylic oxidation sites excluding steroid dienone is 3. The molecule has 0 amide bonds. The highest BCUT2D eigenvalue weighted by atomic mass is 16.5. The summed E-state index contributed by atoms with van der Waals surface area (Å²) < 4.78 is 6.05. The van der Waals surface area contributed by atoms with E-state index in [-0.39, 0.29) is 5.92 Å². The summed E-state index contributed by atoms with van der Waals surface area (Å²) in [6.07, 6.45) is 9.81. The van der Waals surface area contributed by atoms with Gasteiger partial charge in [-0.2, -0.15) is 10.2 Å². The highest BCUT2D eigenvalue weighted by molar-refractivity contribution is 5.86. The third-order valence-electron chi connectivity index (χ3n) is 4.68. The van der Waals surface area contributed by atoms with Crippen molar-refractivity contribution in [3.8, 4) is 11.4 Å². The molecule has 2 N–H and O–H groups in total. The predicted octanol–water partition coefficient (Wildman–Crippen LogP) is 5.07. The second-order valence-corrected chi connectivity index (χ2v) is 7.38. The Hall–Kier alpha value is -3.19. The molecule has 166 valence electrons. The highest BCUT2D eigenvalue weighted by Gasteiger charge is 2.14. The van der Waals surface area contributed by atoms with E-state index < -0.39 is 0 Å². The van der Waals surface area contributed by atoms with E-state index in [0.717, 1.165) is 53.1 Å². The maximum absolute atomic E-state index is 6.05. The Morgan fingerprint density at radius 3 is 2.74 bits per heavy atom. The molecule has 3 aromatic rings. The Balaban J connectivity index is 0.00000166. The van der Waals surface area contributed by atoms with Gasteiger partial charge < -0.3 is 9.64 Å². The maximum Gasteiger partial charge on any atom is 0.155 e. The highest BCUT2D eigenvalue weighted by Crippen LogP contribution is 2.28. The molecule has 0 aliphatic rings. The van der Waals surface area contributed by atoms with Crippen LogP contribution in [0.5, 0.6) is 0 Å². The van der Waals surface area contributed by atoms with Crippen LogP contribution in [0.4, 0.5) is 0 Å². The van der Waals surface area contributed by atoms with Gasteiger partial charge >= 0.3 is 0 Å². The molecule has 31 heavy (non-hydrogen) atoms. The van der Waals surface area contributed by atoms with Crippen LogP contribution in [0.15, 0.2) is 61.7 Å². The first-order chi connectivity index (χ1) is 15.1. The third kappa shape index (κ3) is 6.93. The van der Waals surface area contributed by atoms with E-state index in [0.29, 0.717) is 6.61 Å². The van der Waals surface area contributed by atoms with Crippen LogP contribution in [0, 0.1) is 0 Å². The van der Waals surface area contributed by atoms with Crippen molar-refractivity contribution in [2.75, 3.05) is 27.2 Å². The van der Waals surface area contributed by atoms with Crippen LogP contribution in [-0.4, -0.2) is 57.5 Å². The van der Waals surface area contributed by atoms with Gasteiger partial charge in [0.1, 0.15) is 12.1 Å². The lowest BCUT2D eigenvalue weighted by Crippen LogP contribution is -2.14. The van der Waals surface area contributed by atoms with Crippen LogP contribution < -0.4 is 0 Å². The molecule has 1 unspecified atom stereocenters. The van der Waals surface area contributed by atoms with Gasteiger partial charge in [0.05, 0.1) is 12.1 Å². The van der Waals surface area contributed by atoms with E-state index in [1.54, 1.807) is 0 Å². The summed E-state index contributed by atoms with van der Waals surface area (Å²) in [4.78, 5) is 6.41. The zero-order valence-corrected chi connectivity index (χ0v) is 19.1. The minimum Gasteiger partial charge on any atom is -0.494 e. The number of H-pyrrole nitrogens is 2. The number of hydrogen-bond acceptors (Lipinski definition) is 5. The van der Waals surface area contributed by atoms with Crippen molar-refractivity contribution in [3.05, 3.63) is 67.4 Å². The molecule has 2 heterocycles. The standard InChI is InChI=1S/C22H30N6O.C2H4/c1-5-6-8-18(29-12-7-11-28(3)4)13-16(2)21-19-14-17(22-23-15-24-27-22)9-10-20(19)25-26-21;1-2/h6,8-10,13-16H,5,7,11-12H2,1-4H3,(H,25,26)(H,23,24,27);1-2H2/b8-6-,18-13+;. The van der Waals surface area contributed by atoms with E-state index >= 15 is 0 Å². The van der Waals surface area contributed by atoms with E-state index in [9.17, 15) is 0 Å². The minimum absolute atomic E-state index is 0.121. The lowest BCUT2D eigenvalue weighted by atomic mass is 10.0. The fourth-order valence-corrected chi connectivity index (χ4v) is 3.16. The number of rotatable bonds is 10. The molecule has 0 fully saturated rings. The topological polar surface area (TPSA) is 82.7 Å². The summed E-state index contributed by atoms with van der Waals surface area (Å²) in [5, 5.41) is 15.6. The molecule has 0 saturated heterocycles. The number of aromatic nitrogens is 5. The molecule has 1 atom stereocenters. The summed E-state index contributed by atoms with van der Waals surface area (Å²) in [6.45, 7) is 12.0. The van der Waals surface area contributed by atoms with Crippen molar-refractivity contribution < 1.29 is 4.74 Å². The van der Waals surface area contributed by atoms with Crippen molar-refractivity contribution >= 4 is 10.9 Å². The van der Waals surface area contributed by atoms with Crippen LogP contribution >= 0.6 is 0 Å². The average molecular weight is 423 g/mol. The molecule has 0 spiro atoms. The van der Waals surface area contributed by atoms with Crippen molar-refractivity contribution in [1.29, 1.82) is 0 Å². The summed E-state index contributed by atoms with van der Waals surface area (Å²) in [6, 6.07) is 6.09. The molecule has 2 aromatic heterocycles. The van der Waals surface area contributed by atoms with E-state index in [1.807, 2.05) is 12.1 Å². The van der Waals surface area contributed by atoms with Crippen LogP contribution in [0.1, 0.15) is 38.3 Å². The SMILES string of the molecule is C=C.CC/C=C\C(=C/C(C)c1[nH]nc2ccc(-c3ncn[nH]3)cc12)OCCCN(C)C. The fraction of sp³-hybridized carbons (Fsp3) is 0.375. The van der Waals surface area contributed by atoms with Crippen molar-refractivity contribution in [1.82, 2.24) is 30.3 Å². The first-order valence-corrected chi connectivity index (χ1v) is 10.6. The fourth-order valence-electron chi connectivity index (χ4n) is 3.16. The van der Waals surface area contributed by atoms with Gasteiger partial charge in [0, 0.05) is 29.1 Å². The minimum atomic E-state index is 0.121. The quantitative estimate of drug-likeness (QED) is 0.206. The zero-order chi connectivity index (χ0) is 22.6. The second-order valence-electron chi connectivity index (χ2n) is 7.38. The Morgan fingerprint density at radius 2 is 2.06 bits per heavy atom. The van der Waals surface area contributed by atoms with Gasteiger partial charge in [-0.05, 0) is 57.3 Å². The van der Waals surface area contributed by atoms with Gasteiger partial charge in [0.15, 0.2) is 5.82 Å². The van der Waals surface area contributed by atoms with E-state index in [1.165, 1.54) is 6.33 Å².